The summed E-state index contributed by atoms with van der Waals surface area (Å²) in [5.41, 5.74) is 0.404. The van der Waals surface area contributed by atoms with Crippen molar-refractivity contribution in [1.82, 2.24) is 5.32 Å². The van der Waals surface area contributed by atoms with E-state index in [0.29, 0.717) is 10.0 Å². The fraction of sp³-hybridized carbons (Fsp3) is 0.133. The first kappa shape index (κ1) is 15.6. The summed E-state index contributed by atoms with van der Waals surface area (Å²) in [7, 11) is 0. The van der Waals surface area contributed by atoms with Crippen molar-refractivity contribution < 1.29 is 18.0 Å². The highest BCUT2D eigenvalue weighted by Crippen LogP contribution is 2.15. The molecule has 6 heteroatoms. The summed E-state index contributed by atoms with van der Waals surface area (Å²) >= 11 is 3.21. The Balaban J connectivity index is 1.97. The van der Waals surface area contributed by atoms with Crippen LogP contribution in [0.1, 0.15) is 11.1 Å². The molecule has 0 saturated heterocycles. The molecule has 2 aromatic carbocycles. The van der Waals surface area contributed by atoms with Crippen LogP contribution in [0.5, 0.6) is 0 Å². The standard InChI is InChI=1S/C15H11BrF3NO/c16-11-2-4-13(18)10(5-11)8-20-15(21)6-9-1-3-12(17)7-14(9)19/h1-5,7H,6,8H2,(H,20,21). The minimum atomic E-state index is -0.779. The lowest BCUT2D eigenvalue weighted by atomic mass is 10.1. The highest BCUT2D eigenvalue weighted by Gasteiger charge is 2.10. The van der Waals surface area contributed by atoms with E-state index in [0.717, 1.165) is 12.1 Å². The number of carbonyl (C=O) groups is 1. The van der Waals surface area contributed by atoms with E-state index in [1.54, 1.807) is 12.1 Å². The molecule has 0 aliphatic carbocycles. The molecule has 0 aromatic heterocycles. The van der Waals surface area contributed by atoms with E-state index in [4.69, 9.17) is 0 Å². The highest BCUT2D eigenvalue weighted by molar-refractivity contribution is 9.10. The maximum Gasteiger partial charge on any atom is 0.224 e. The maximum absolute atomic E-state index is 13.5. The summed E-state index contributed by atoms with van der Waals surface area (Å²) < 4.78 is 40.3. The minimum Gasteiger partial charge on any atom is -0.352 e. The average Bonchev–Trinajstić information content (AvgIpc) is 2.43. The van der Waals surface area contributed by atoms with Crippen molar-refractivity contribution in [2.75, 3.05) is 0 Å². The lowest BCUT2D eigenvalue weighted by Crippen LogP contribution is -2.25. The Morgan fingerprint density at radius 2 is 1.76 bits per heavy atom. The van der Waals surface area contributed by atoms with Crippen molar-refractivity contribution >= 4 is 21.8 Å². The van der Waals surface area contributed by atoms with Crippen LogP contribution in [0.4, 0.5) is 13.2 Å². The van der Waals surface area contributed by atoms with Crippen LogP contribution in [0, 0.1) is 17.5 Å². The molecule has 21 heavy (non-hydrogen) atoms. The lowest BCUT2D eigenvalue weighted by molar-refractivity contribution is -0.120. The number of hydrogen-bond acceptors (Lipinski definition) is 1. The van der Waals surface area contributed by atoms with Crippen molar-refractivity contribution in [3.63, 3.8) is 0 Å². The topological polar surface area (TPSA) is 29.1 Å². The third kappa shape index (κ3) is 4.32. The van der Waals surface area contributed by atoms with E-state index < -0.39 is 23.4 Å². The van der Waals surface area contributed by atoms with Crippen LogP contribution in [0.25, 0.3) is 0 Å². The summed E-state index contributed by atoms with van der Waals surface area (Å²) in [6.07, 6.45) is -0.234. The molecule has 2 rings (SSSR count). The molecule has 110 valence electrons. The van der Waals surface area contributed by atoms with Crippen molar-refractivity contribution in [2.45, 2.75) is 13.0 Å². The van der Waals surface area contributed by atoms with Gasteiger partial charge in [-0.15, -0.1) is 0 Å². The van der Waals surface area contributed by atoms with Crippen molar-refractivity contribution in [3.05, 3.63) is 69.4 Å². The first-order valence-corrected chi connectivity index (χ1v) is 6.89. The quantitative estimate of drug-likeness (QED) is 0.887. The fourth-order valence-electron chi connectivity index (χ4n) is 1.77. The molecule has 1 N–H and O–H groups in total. The summed E-state index contributed by atoms with van der Waals surface area (Å²) in [4.78, 5) is 11.7. The van der Waals surface area contributed by atoms with Gasteiger partial charge in [0.25, 0.3) is 0 Å². The van der Waals surface area contributed by atoms with Crippen LogP contribution in [0.3, 0.4) is 0 Å². The molecule has 1 amide bonds. The molecule has 0 saturated carbocycles. The molecule has 0 spiro atoms. The maximum atomic E-state index is 13.5. The van der Waals surface area contributed by atoms with E-state index in [1.807, 2.05) is 0 Å². The van der Waals surface area contributed by atoms with Crippen LogP contribution in [0.2, 0.25) is 0 Å². The minimum absolute atomic E-state index is 0.00702. The Morgan fingerprint density at radius 1 is 1.00 bits per heavy atom. The SMILES string of the molecule is O=C(Cc1ccc(F)cc1F)NCc1cc(Br)ccc1F. The summed E-state index contributed by atoms with van der Waals surface area (Å²) in [5.74, 6) is -2.39. The number of benzene rings is 2. The molecule has 0 aliphatic rings. The number of hydrogen-bond donors (Lipinski definition) is 1. The van der Waals surface area contributed by atoms with Gasteiger partial charge in [0.05, 0.1) is 6.42 Å². The van der Waals surface area contributed by atoms with Gasteiger partial charge in [-0.1, -0.05) is 22.0 Å². The number of carbonyl (C=O) groups excluding carboxylic acids is 1. The van der Waals surface area contributed by atoms with Crippen molar-refractivity contribution in [3.8, 4) is 0 Å². The Bertz CT molecular complexity index is 676. The second-order valence-electron chi connectivity index (χ2n) is 4.42. The zero-order valence-corrected chi connectivity index (χ0v) is 12.4. The smallest absolute Gasteiger partial charge is 0.224 e. The van der Waals surface area contributed by atoms with Gasteiger partial charge in [-0.05, 0) is 29.8 Å². The third-order valence-corrected chi connectivity index (χ3v) is 3.34. The predicted octanol–water partition coefficient (Wildman–Crippen LogP) is 3.73. The van der Waals surface area contributed by atoms with E-state index in [2.05, 4.69) is 21.2 Å². The summed E-state index contributed by atoms with van der Waals surface area (Å²) in [6.45, 7) is -0.00702. The second-order valence-corrected chi connectivity index (χ2v) is 5.34. The van der Waals surface area contributed by atoms with Gasteiger partial charge in [0, 0.05) is 22.6 Å². The average molecular weight is 358 g/mol. The zero-order valence-electron chi connectivity index (χ0n) is 10.8. The number of amides is 1. The van der Waals surface area contributed by atoms with Gasteiger partial charge in [-0.25, -0.2) is 13.2 Å². The van der Waals surface area contributed by atoms with Gasteiger partial charge in [-0.3, -0.25) is 4.79 Å². The zero-order chi connectivity index (χ0) is 15.4. The van der Waals surface area contributed by atoms with Crippen molar-refractivity contribution in [2.24, 2.45) is 0 Å². The Labute approximate surface area is 128 Å². The van der Waals surface area contributed by atoms with Gasteiger partial charge in [0.1, 0.15) is 17.5 Å². The van der Waals surface area contributed by atoms with Gasteiger partial charge in [-0.2, -0.15) is 0 Å². The Morgan fingerprint density at radius 3 is 2.48 bits per heavy atom. The van der Waals surface area contributed by atoms with Crippen LogP contribution in [-0.4, -0.2) is 5.91 Å². The van der Waals surface area contributed by atoms with Crippen LogP contribution in [-0.2, 0) is 17.8 Å². The molecule has 0 unspecified atom stereocenters. The lowest BCUT2D eigenvalue weighted by Gasteiger charge is -2.07. The van der Waals surface area contributed by atoms with Crippen LogP contribution in [0.15, 0.2) is 40.9 Å². The van der Waals surface area contributed by atoms with Gasteiger partial charge in [0.15, 0.2) is 0 Å². The van der Waals surface area contributed by atoms with E-state index in [9.17, 15) is 18.0 Å². The molecule has 0 fully saturated rings. The molecule has 2 nitrogen and oxygen atoms in total. The normalized spacial score (nSPS) is 10.5. The Hall–Kier alpha value is -1.82. The van der Waals surface area contributed by atoms with Crippen molar-refractivity contribution in [1.29, 1.82) is 0 Å². The third-order valence-electron chi connectivity index (χ3n) is 2.85. The van der Waals surface area contributed by atoms with Crippen LogP contribution < -0.4 is 5.32 Å². The van der Waals surface area contributed by atoms with E-state index in [1.165, 1.54) is 12.1 Å². The Kier molecular flexibility index (Phi) is 5.01. The molecule has 0 atom stereocenters. The first-order valence-electron chi connectivity index (χ1n) is 6.10. The predicted molar refractivity (Wildman–Crippen MR) is 76.0 cm³/mol. The number of halogens is 4. The second kappa shape index (κ2) is 6.76. The first-order chi connectivity index (χ1) is 9.95. The summed E-state index contributed by atoms with van der Waals surface area (Å²) in [6, 6.07) is 7.40. The number of rotatable bonds is 4. The molecule has 0 radical (unpaired) electrons. The molecule has 0 heterocycles. The molecular weight excluding hydrogens is 347 g/mol. The molecule has 0 aliphatic heterocycles. The number of nitrogens with one attached hydrogen (secondary N) is 1. The highest BCUT2D eigenvalue weighted by atomic mass is 79.9. The van der Waals surface area contributed by atoms with Gasteiger partial charge >= 0.3 is 0 Å². The molecule has 2 aromatic rings. The van der Waals surface area contributed by atoms with Gasteiger partial charge < -0.3 is 5.32 Å². The largest absolute Gasteiger partial charge is 0.352 e. The fourth-order valence-corrected chi connectivity index (χ4v) is 2.18. The van der Waals surface area contributed by atoms with E-state index in [-0.39, 0.29) is 18.5 Å². The van der Waals surface area contributed by atoms with E-state index >= 15 is 0 Å². The summed E-state index contributed by atoms with van der Waals surface area (Å²) in [5, 5.41) is 2.50. The van der Waals surface area contributed by atoms with Crippen LogP contribution >= 0.6 is 15.9 Å². The molecule has 0 bridgehead atoms. The molecular formula is C15H11BrF3NO. The monoisotopic (exact) mass is 357 g/mol. The van der Waals surface area contributed by atoms with Gasteiger partial charge in [0.2, 0.25) is 5.91 Å².